The van der Waals surface area contributed by atoms with Gasteiger partial charge in [0.2, 0.25) is 0 Å². The van der Waals surface area contributed by atoms with Gasteiger partial charge in [0.15, 0.2) is 0 Å². The summed E-state index contributed by atoms with van der Waals surface area (Å²) in [5.41, 5.74) is 3.08. The number of sulfone groups is 1. The van der Waals surface area contributed by atoms with Gasteiger partial charge in [-0.3, -0.25) is 14.2 Å². The van der Waals surface area contributed by atoms with Gasteiger partial charge in [-0.1, -0.05) is 12.1 Å². The van der Waals surface area contributed by atoms with Crippen LogP contribution < -0.4 is 16.2 Å². The summed E-state index contributed by atoms with van der Waals surface area (Å²) in [6.07, 6.45) is 2.68. The standard InChI is InChI=1S/C23H28N4O4S/c1-5-24-22(28)18-8-6-15(2)21(11-18)27-14-26-20-9-7-17(10-19(20)23(27)29)12-25-16(3)13-32(4,30)31/h6-11,14,16,25H,5,12-13H2,1-4H3,(H,24,28). The lowest BCUT2D eigenvalue weighted by molar-refractivity contribution is 0.0955. The molecule has 1 amide bonds. The van der Waals surface area contributed by atoms with Gasteiger partial charge < -0.3 is 10.6 Å². The number of amides is 1. The van der Waals surface area contributed by atoms with E-state index in [0.717, 1.165) is 11.1 Å². The van der Waals surface area contributed by atoms with Gasteiger partial charge in [0.25, 0.3) is 11.5 Å². The van der Waals surface area contributed by atoms with E-state index in [-0.39, 0.29) is 23.3 Å². The van der Waals surface area contributed by atoms with Gasteiger partial charge >= 0.3 is 0 Å². The Kier molecular flexibility index (Phi) is 7.10. The molecule has 8 nitrogen and oxygen atoms in total. The van der Waals surface area contributed by atoms with E-state index in [9.17, 15) is 18.0 Å². The molecule has 0 aliphatic rings. The van der Waals surface area contributed by atoms with E-state index in [1.807, 2.05) is 19.9 Å². The molecular formula is C23H28N4O4S. The number of nitrogens with zero attached hydrogens (tertiary/aromatic N) is 2. The normalized spacial score (nSPS) is 12.6. The number of carbonyl (C=O) groups is 1. The third kappa shape index (κ3) is 5.60. The molecule has 0 saturated carbocycles. The fraction of sp³-hybridized carbons (Fsp3) is 0.348. The molecule has 1 unspecified atom stereocenters. The highest BCUT2D eigenvalue weighted by molar-refractivity contribution is 7.90. The quantitative estimate of drug-likeness (QED) is 0.536. The van der Waals surface area contributed by atoms with E-state index >= 15 is 0 Å². The van der Waals surface area contributed by atoms with Gasteiger partial charge in [-0.15, -0.1) is 0 Å². The molecule has 0 fully saturated rings. The average Bonchev–Trinajstić information content (AvgIpc) is 2.72. The number of carbonyl (C=O) groups excluding carboxylic acids is 1. The van der Waals surface area contributed by atoms with Crippen molar-refractivity contribution in [1.82, 2.24) is 20.2 Å². The summed E-state index contributed by atoms with van der Waals surface area (Å²) in [5, 5.41) is 6.39. The van der Waals surface area contributed by atoms with Gasteiger partial charge in [0, 0.05) is 31.0 Å². The van der Waals surface area contributed by atoms with Gasteiger partial charge in [-0.2, -0.15) is 0 Å². The Morgan fingerprint density at radius 3 is 2.62 bits per heavy atom. The van der Waals surface area contributed by atoms with Crippen molar-refractivity contribution in [1.29, 1.82) is 0 Å². The number of benzene rings is 2. The van der Waals surface area contributed by atoms with E-state index < -0.39 is 9.84 Å². The molecule has 32 heavy (non-hydrogen) atoms. The van der Waals surface area contributed by atoms with Crippen molar-refractivity contribution in [2.75, 3.05) is 18.6 Å². The Labute approximate surface area is 187 Å². The summed E-state index contributed by atoms with van der Waals surface area (Å²) in [6.45, 7) is 6.46. The Morgan fingerprint density at radius 2 is 1.94 bits per heavy atom. The van der Waals surface area contributed by atoms with Crippen LogP contribution in [0, 0.1) is 6.92 Å². The highest BCUT2D eigenvalue weighted by Crippen LogP contribution is 2.17. The summed E-state index contributed by atoms with van der Waals surface area (Å²) in [7, 11) is -3.08. The first-order valence-electron chi connectivity index (χ1n) is 10.4. The van der Waals surface area contributed by atoms with E-state index in [0.29, 0.717) is 35.2 Å². The van der Waals surface area contributed by atoms with Crippen molar-refractivity contribution in [3.63, 3.8) is 0 Å². The number of hydrogen-bond acceptors (Lipinski definition) is 6. The average molecular weight is 457 g/mol. The molecule has 3 aromatic rings. The van der Waals surface area contributed by atoms with Crippen LogP contribution in [0.1, 0.15) is 35.3 Å². The molecule has 0 radical (unpaired) electrons. The number of rotatable bonds is 8. The molecule has 1 atom stereocenters. The molecule has 9 heteroatoms. The molecule has 0 bridgehead atoms. The van der Waals surface area contributed by atoms with Crippen LogP contribution in [0.2, 0.25) is 0 Å². The smallest absolute Gasteiger partial charge is 0.265 e. The third-order valence-electron chi connectivity index (χ3n) is 5.10. The Morgan fingerprint density at radius 1 is 1.19 bits per heavy atom. The van der Waals surface area contributed by atoms with Crippen molar-refractivity contribution in [2.24, 2.45) is 0 Å². The number of hydrogen-bond donors (Lipinski definition) is 2. The molecule has 0 aliphatic carbocycles. The zero-order valence-electron chi connectivity index (χ0n) is 18.7. The molecule has 3 rings (SSSR count). The summed E-state index contributed by atoms with van der Waals surface area (Å²) in [5.74, 6) is -0.164. The maximum Gasteiger partial charge on any atom is 0.265 e. The lowest BCUT2D eigenvalue weighted by Crippen LogP contribution is -2.32. The predicted molar refractivity (Wildman–Crippen MR) is 126 cm³/mol. The predicted octanol–water partition coefficient (Wildman–Crippen LogP) is 1.97. The number of aromatic nitrogens is 2. The van der Waals surface area contributed by atoms with Crippen molar-refractivity contribution < 1.29 is 13.2 Å². The summed E-state index contributed by atoms with van der Waals surface area (Å²) in [6, 6.07) is 10.4. The minimum atomic E-state index is -3.08. The summed E-state index contributed by atoms with van der Waals surface area (Å²) in [4.78, 5) is 29.9. The fourth-order valence-corrected chi connectivity index (χ4v) is 4.55. The fourth-order valence-electron chi connectivity index (χ4n) is 3.53. The largest absolute Gasteiger partial charge is 0.352 e. The summed E-state index contributed by atoms with van der Waals surface area (Å²) >= 11 is 0. The molecule has 2 N–H and O–H groups in total. The molecule has 1 heterocycles. The molecular weight excluding hydrogens is 428 g/mol. The maximum absolute atomic E-state index is 13.3. The number of fused-ring (bicyclic) bond motifs is 1. The van der Waals surface area contributed by atoms with Gasteiger partial charge in [-0.25, -0.2) is 13.4 Å². The van der Waals surface area contributed by atoms with Crippen molar-refractivity contribution >= 4 is 26.6 Å². The van der Waals surface area contributed by atoms with Crippen LogP contribution in [0.3, 0.4) is 0 Å². The van der Waals surface area contributed by atoms with Crippen LogP contribution in [0.5, 0.6) is 0 Å². The van der Waals surface area contributed by atoms with Gasteiger partial charge in [-0.05, 0) is 56.2 Å². The zero-order valence-corrected chi connectivity index (χ0v) is 19.5. The van der Waals surface area contributed by atoms with E-state index in [1.165, 1.54) is 17.2 Å². The van der Waals surface area contributed by atoms with Crippen LogP contribution in [-0.4, -0.2) is 48.5 Å². The maximum atomic E-state index is 13.3. The molecule has 1 aromatic heterocycles. The lowest BCUT2D eigenvalue weighted by atomic mass is 10.1. The second kappa shape index (κ2) is 9.62. The highest BCUT2D eigenvalue weighted by atomic mass is 32.2. The van der Waals surface area contributed by atoms with Crippen LogP contribution in [0.15, 0.2) is 47.5 Å². The van der Waals surface area contributed by atoms with Crippen molar-refractivity contribution in [2.45, 2.75) is 33.4 Å². The number of nitrogens with one attached hydrogen (secondary N) is 2. The van der Waals surface area contributed by atoms with Crippen LogP contribution >= 0.6 is 0 Å². The molecule has 2 aromatic carbocycles. The van der Waals surface area contributed by atoms with E-state index in [4.69, 9.17) is 0 Å². The SMILES string of the molecule is CCNC(=O)c1ccc(C)c(-n2cnc3ccc(CNC(C)CS(C)(=O)=O)cc3c2=O)c1. The molecule has 0 aliphatic heterocycles. The Hall–Kier alpha value is -3.04. The minimum absolute atomic E-state index is 0.0379. The van der Waals surface area contributed by atoms with Crippen molar-refractivity contribution in [3.05, 3.63) is 69.8 Å². The first-order chi connectivity index (χ1) is 15.1. The Bertz CT molecular complexity index is 1320. The first kappa shape index (κ1) is 23.6. The number of aryl methyl sites for hydroxylation is 1. The topological polar surface area (TPSA) is 110 Å². The lowest BCUT2D eigenvalue weighted by Gasteiger charge is -2.14. The third-order valence-corrected chi connectivity index (χ3v) is 6.20. The van der Waals surface area contributed by atoms with E-state index in [1.54, 1.807) is 37.3 Å². The zero-order chi connectivity index (χ0) is 23.5. The van der Waals surface area contributed by atoms with Gasteiger partial charge in [0.05, 0.1) is 22.3 Å². The molecule has 0 saturated heterocycles. The van der Waals surface area contributed by atoms with Crippen LogP contribution in [0.4, 0.5) is 0 Å². The molecule has 0 spiro atoms. The van der Waals surface area contributed by atoms with Crippen molar-refractivity contribution in [3.8, 4) is 5.69 Å². The van der Waals surface area contributed by atoms with E-state index in [2.05, 4.69) is 15.6 Å². The second-order valence-corrected chi connectivity index (χ2v) is 10.2. The summed E-state index contributed by atoms with van der Waals surface area (Å²) < 4.78 is 24.4. The van der Waals surface area contributed by atoms with Gasteiger partial charge in [0.1, 0.15) is 16.2 Å². The van der Waals surface area contributed by atoms with Crippen LogP contribution in [0.25, 0.3) is 16.6 Å². The monoisotopic (exact) mass is 456 g/mol. The minimum Gasteiger partial charge on any atom is -0.352 e. The second-order valence-electron chi connectivity index (χ2n) is 8.01. The Balaban J connectivity index is 1.95. The first-order valence-corrected chi connectivity index (χ1v) is 12.5. The molecule has 170 valence electrons. The highest BCUT2D eigenvalue weighted by Gasteiger charge is 2.13. The van der Waals surface area contributed by atoms with Crippen LogP contribution in [-0.2, 0) is 16.4 Å².